The van der Waals surface area contributed by atoms with Crippen LogP contribution in [0.25, 0.3) is 11.4 Å². The predicted octanol–water partition coefficient (Wildman–Crippen LogP) is 14.8. The zero-order valence-corrected chi connectivity index (χ0v) is 36.3. The highest BCUT2D eigenvalue weighted by atomic mass is 15.2. The minimum absolute atomic E-state index is 0.180. The molecule has 13 rings (SSSR count). The summed E-state index contributed by atoms with van der Waals surface area (Å²) in [5, 5.41) is 0. The second-order valence-corrected chi connectivity index (χ2v) is 18.6. The summed E-state index contributed by atoms with van der Waals surface area (Å²) in [6.45, 7) is 9.40. The van der Waals surface area contributed by atoms with Crippen LogP contribution in [-0.2, 0) is 16.2 Å². The smallest absolute Gasteiger partial charge is 0.0937 e. The number of aromatic nitrogens is 2. The lowest BCUT2D eigenvalue weighted by Crippen LogP contribution is -2.37. The van der Waals surface area contributed by atoms with E-state index >= 15 is 0 Å². The van der Waals surface area contributed by atoms with Gasteiger partial charge in [-0.1, -0.05) is 131 Å². The van der Waals surface area contributed by atoms with Gasteiger partial charge in [0, 0.05) is 40.3 Å². The van der Waals surface area contributed by atoms with Gasteiger partial charge in [0.05, 0.1) is 50.9 Å². The molecule has 0 bridgehead atoms. The van der Waals surface area contributed by atoms with Gasteiger partial charge in [0.15, 0.2) is 0 Å². The minimum atomic E-state index is -0.780. The maximum absolute atomic E-state index is 5.15. The molecule has 0 saturated carbocycles. The van der Waals surface area contributed by atoms with Crippen molar-refractivity contribution in [2.45, 2.75) is 43.9 Å². The first-order chi connectivity index (χ1) is 31.3. The Labute approximate surface area is 374 Å². The van der Waals surface area contributed by atoms with E-state index < -0.39 is 5.41 Å². The molecule has 7 aromatic carbocycles. The monoisotopic (exact) mass is 823 g/mol. The van der Waals surface area contributed by atoms with Gasteiger partial charge in [0.2, 0.25) is 0 Å². The van der Waals surface area contributed by atoms with Gasteiger partial charge in [-0.25, -0.2) is 0 Å². The highest BCUT2D eigenvalue weighted by molar-refractivity contribution is 5.98. The maximum Gasteiger partial charge on any atom is 0.0937 e. The van der Waals surface area contributed by atoms with E-state index in [1.165, 1.54) is 56.1 Å². The molecular formula is C59H45N5. The van der Waals surface area contributed by atoms with Gasteiger partial charge in [-0.05, 0) is 129 Å². The van der Waals surface area contributed by atoms with E-state index in [1.54, 1.807) is 0 Å². The van der Waals surface area contributed by atoms with Crippen molar-refractivity contribution >= 4 is 51.2 Å². The van der Waals surface area contributed by atoms with E-state index in [4.69, 9.17) is 9.97 Å². The quantitative estimate of drug-likeness (QED) is 0.177. The highest BCUT2D eigenvalue weighted by Crippen LogP contribution is 2.65. The molecule has 9 aromatic rings. The zero-order valence-electron chi connectivity index (χ0n) is 36.3. The van der Waals surface area contributed by atoms with Gasteiger partial charge in [0.1, 0.15) is 0 Å². The Hall–Kier alpha value is -7.76. The molecule has 2 aromatic heterocycles. The fourth-order valence-corrected chi connectivity index (χ4v) is 11.9. The normalized spacial score (nSPS) is 16.1. The number of pyridine rings is 2. The number of para-hydroxylation sites is 5. The van der Waals surface area contributed by atoms with Gasteiger partial charge in [-0.2, -0.15) is 0 Å². The topological polar surface area (TPSA) is 35.5 Å². The Morgan fingerprint density at radius 2 is 0.625 bits per heavy atom. The van der Waals surface area contributed by atoms with Gasteiger partial charge in [-0.3, -0.25) is 9.97 Å². The zero-order chi connectivity index (χ0) is 43.0. The Kier molecular flexibility index (Phi) is 7.56. The van der Waals surface area contributed by atoms with Crippen LogP contribution >= 0.6 is 0 Å². The Balaban J connectivity index is 1.15. The van der Waals surface area contributed by atoms with E-state index in [2.05, 4.69) is 230 Å². The van der Waals surface area contributed by atoms with Crippen molar-refractivity contribution in [3.05, 3.63) is 245 Å². The molecule has 3 aliphatic heterocycles. The number of hydrogen-bond acceptors (Lipinski definition) is 5. The van der Waals surface area contributed by atoms with Crippen LogP contribution in [0.15, 0.2) is 200 Å². The predicted molar refractivity (Wildman–Crippen MR) is 261 cm³/mol. The second kappa shape index (κ2) is 13.1. The number of benzene rings is 7. The van der Waals surface area contributed by atoms with Crippen LogP contribution in [0.5, 0.6) is 0 Å². The summed E-state index contributed by atoms with van der Waals surface area (Å²) in [6.07, 6.45) is 3.83. The standard InChI is InChI=1S/C59H45N5/c1-57(2)41-20-8-12-26-49(41)63(50-27-13-9-21-42(50)57)39-30-32-53-47(36-39)59(45-24-16-34-60-55(45)56-46(59)25-17-35-61-56)48-37-40(31-33-54(48)62(53)38-18-6-5-7-19-38)64-51-28-14-10-22-43(51)58(3,4)44-23-11-15-29-52(44)64/h5-37H,1-4H3. The Morgan fingerprint density at radius 1 is 0.297 bits per heavy atom. The third-order valence-corrected chi connectivity index (χ3v) is 14.7. The molecular weight excluding hydrogens is 779 g/mol. The molecule has 0 fully saturated rings. The average Bonchev–Trinajstić information content (AvgIpc) is 3.63. The van der Waals surface area contributed by atoms with Gasteiger partial charge in [-0.15, -0.1) is 0 Å². The number of hydrogen-bond donors (Lipinski definition) is 0. The van der Waals surface area contributed by atoms with Crippen LogP contribution in [0.1, 0.15) is 72.2 Å². The molecule has 4 aliphatic rings. The van der Waals surface area contributed by atoms with Crippen molar-refractivity contribution in [3.8, 4) is 11.4 Å². The third-order valence-electron chi connectivity index (χ3n) is 14.7. The lowest BCUT2D eigenvalue weighted by molar-refractivity contribution is 0.632. The first kappa shape index (κ1) is 36.9. The molecule has 5 heterocycles. The van der Waals surface area contributed by atoms with Crippen LogP contribution < -0.4 is 14.7 Å². The first-order valence-electron chi connectivity index (χ1n) is 22.3. The molecule has 1 spiro atoms. The summed E-state index contributed by atoms with van der Waals surface area (Å²) in [4.78, 5) is 17.7. The Bertz CT molecular complexity index is 3080. The van der Waals surface area contributed by atoms with Gasteiger partial charge in [0.25, 0.3) is 0 Å². The number of rotatable bonds is 3. The minimum Gasteiger partial charge on any atom is -0.310 e. The molecule has 1 aliphatic carbocycles. The fourth-order valence-electron chi connectivity index (χ4n) is 11.9. The van der Waals surface area contributed by atoms with E-state index in [1.807, 2.05) is 12.4 Å². The third kappa shape index (κ3) is 4.73. The second-order valence-electron chi connectivity index (χ2n) is 18.6. The van der Waals surface area contributed by atoms with Gasteiger partial charge < -0.3 is 14.7 Å². The number of nitrogens with zero attached hydrogens (tertiary/aromatic N) is 5. The summed E-state index contributed by atoms with van der Waals surface area (Å²) in [5.41, 5.74) is 20.9. The summed E-state index contributed by atoms with van der Waals surface area (Å²) >= 11 is 0. The molecule has 64 heavy (non-hydrogen) atoms. The lowest BCUT2D eigenvalue weighted by atomic mass is 9.64. The average molecular weight is 824 g/mol. The molecule has 0 N–H and O–H groups in total. The molecule has 0 atom stereocenters. The summed E-state index contributed by atoms with van der Waals surface area (Å²) in [6, 6.07) is 69.6. The van der Waals surface area contributed by atoms with Crippen LogP contribution in [-0.4, -0.2) is 9.97 Å². The molecule has 5 heteroatoms. The van der Waals surface area contributed by atoms with Crippen molar-refractivity contribution in [2.75, 3.05) is 14.7 Å². The number of anilines is 9. The van der Waals surface area contributed by atoms with Crippen molar-refractivity contribution < 1.29 is 0 Å². The highest BCUT2D eigenvalue weighted by Gasteiger charge is 2.54. The molecule has 0 saturated heterocycles. The van der Waals surface area contributed by atoms with Crippen LogP contribution in [0.3, 0.4) is 0 Å². The van der Waals surface area contributed by atoms with Crippen LogP contribution in [0.4, 0.5) is 51.2 Å². The summed E-state index contributed by atoms with van der Waals surface area (Å²) in [5.74, 6) is 0. The van der Waals surface area contributed by atoms with Crippen molar-refractivity contribution in [1.29, 1.82) is 0 Å². The molecule has 306 valence electrons. The molecule has 0 radical (unpaired) electrons. The van der Waals surface area contributed by atoms with Crippen molar-refractivity contribution in [1.82, 2.24) is 9.97 Å². The molecule has 0 unspecified atom stereocenters. The fraction of sp³-hybridized carbons (Fsp3) is 0.119. The lowest BCUT2D eigenvalue weighted by Gasteiger charge is -2.47. The number of fused-ring (bicyclic) bond motifs is 13. The molecule has 5 nitrogen and oxygen atoms in total. The summed E-state index contributed by atoms with van der Waals surface area (Å²) in [7, 11) is 0. The maximum atomic E-state index is 5.15. The van der Waals surface area contributed by atoms with Crippen molar-refractivity contribution in [3.63, 3.8) is 0 Å². The van der Waals surface area contributed by atoms with Crippen LogP contribution in [0.2, 0.25) is 0 Å². The van der Waals surface area contributed by atoms with Crippen molar-refractivity contribution in [2.24, 2.45) is 0 Å². The van der Waals surface area contributed by atoms with Gasteiger partial charge >= 0.3 is 0 Å². The first-order valence-corrected chi connectivity index (χ1v) is 22.3. The Morgan fingerprint density at radius 3 is 1.03 bits per heavy atom. The summed E-state index contributed by atoms with van der Waals surface area (Å²) < 4.78 is 0. The van der Waals surface area contributed by atoms with E-state index in [-0.39, 0.29) is 10.8 Å². The van der Waals surface area contributed by atoms with E-state index in [9.17, 15) is 0 Å². The largest absolute Gasteiger partial charge is 0.310 e. The van der Waals surface area contributed by atoms with E-state index in [0.29, 0.717) is 0 Å². The van der Waals surface area contributed by atoms with Crippen LogP contribution in [0, 0.1) is 0 Å². The molecule has 0 amide bonds. The SMILES string of the molecule is CC1(C)c2ccccc2N(c2ccc3c(c2)C2(c4cc(N5c6ccccc6C(C)(C)c6ccccc65)ccc4N3c3ccccc3)c3cccnc3-c3ncccc32)c2ccccc21. The van der Waals surface area contributed by atoms with E-state index in [0.717, 1.165) is 51.0 Å².